The van der Waals surface area contributed by atoms with Gasteiger partial charge in [0, 0.05) is 21.9 Å². The van der Waals surface area contributed by atoms with Gasteiger partial charge in [0.05, 0.1) is 16.4 Å². The van der Waals surface area contributed by atoms with Gasteiger partial charge in [0.1, 0.15) is 5.69 Å². The number of nitrogens with zero attached hydrogens (tertiary/aromatic N) is 2. The normalized spacial score (nSPS) is 10.6. The van der Waals surface area contributed by atoms with E-state index in [1.54, 1.807) is 25.0 Å². The van der Waals surface area contributed by atoms with Gasteiger partial charge in [-0.3, -0.25) is 9.48 Å². The second-order valence-electron chi connectivity index (χ2n) is 4.97. The summed E-state index contributed by atoms with van der Waals surface area (Å²) < 4.78 is 2.19. The Labute approximate surface area is 157 Å². The van der Waals surface area contributed by atoms with E-state index in [1.807, 2.05) is 48.5 Å². The number of carbonyl (C=O) groups is 1. The maximum absolute atomic E-state index is 12.5. The number of aromatic nitrogens is 2. The van der Waals surface area contributed by atoms with Gasteiger partial charge in [0.25, 0.3) is 5.91 Å². The lowest BCUT2D eigenvalue weighted by atomic mass is 10.3. The van der Waals surface area contributed by atoms with Gasteiger partial charge in [-0.15, -0.1) is 0 Å². The molecule has 3 aromatic rings. The third kappa shape index (κ3) is 3.83. The molecule has 1 heterocycles. The number of aryl methyl sites for hydroxylation is 1. The summed E-state index contributed by atoms with van der Waals surface area (Å²) >= 11 is 10.8. The Morgan fingerprint density at radius 3 is 2.58 bits per heavy atom. The molecule has 0 aliphatic heterocycles. The minimum Gasteiger partial charge on any atom is -0.320 e. The van der Waals surface area contributed by atoms with E-state index >= 15 is 0 Å². The van der Waals surface area contributed by atoms with Crippen molar-refractivity contribution in [1.29, 1.82) is 0 Å². The summed E-state index contributed by atoms with van der Waals surface area (Å²) in [7, 11) is 1.73. The average Bonchev–Trinajstić information content (AvgIpc) is 2.90. The minimum absolute atomic E-state index is 0.217. The SMILES string of the molecule is Cn1ncc(Br)c1C(=O)Nc1ccccc1Sc1ccc(Cl)cc1. The van der Waals surface area contributed by atoms with Crippen LogP contribution in [-0.2, 0) is 7.05 Å². The number of benzene rings is 2. The number of anilines is 1. The topological polar surface area (TPSA) is 46.9 Å². The van der Waals surface area contributed by atoms with Gasteiger partial charge in [0.2, 0.25) is 0 Å². The summed E-state index contributed by atoms with van der Waals surface area (Å²) in [6.45, 7) is 0. The lowest BCUT2D eigenvalue weighted by Crippen LogP contribution is -2.17. The molecule has 0 atom stereocenters. The Morgan fingerprint density at radius 1 is 1.21 bits per heavy atom. The van der Waals surface area contributed by atoms with Crippen LogP contribution in [0, 0.1) is 0 Å². The monoisotopic (exact) mass is 421 g/mol. The van der Waals surface area contributed by atoms with Crippen LogP contribution in [0.25, 0.3) is 0 Å². The van der Waals surface area contributed by atoms with E-state index in [0.29, 0.717) is 15.2 Å². The summed E-state index contributed by atoms with van der Waals surface area (Å²) in [6, 6.07) is 15.3. The predicted molar refractivity (Wildman–Crippen MR) is 101 cm³/mol. The van der Waals surface area contributed by atoms with Crippen molar-refractivity contribution >= 4 is 50.9 Å². The van der Waals surface area contributed by atoms with E-state index in [0.717, 1.165) is 15.5 Å². The van der Waals surface area contributed by atoms with Crippen molar-refractivity contribution in [3.63, 3.8) is 0 Å². The highest BCUT2D eigenvalue weighted by molar-refractivity contribution is 9.10. The van der Waals surface area contributed by atoms with Crippen LogP contribution < -0.4 is 5.32 Å². The van der Waals surface area contributed by atoms with E-state index < -0.39 is 0 Å². The summed E-state index contributed by atoms with van der Waals surface area (Å²) in [6.07, 6.45) is 1.60. The Morgan fingerprint density at radius 2 is 1.92 bits per heavy atom. The molecule has 0 unspecified atom stereocenters. The summed E-state index contributed by atoms with van der Waals surface area (Å²) in [5.41, 5.74) is 1.22. The van der Waals surface area contributed by atoms with Gasteiger partial charge < -0.3 is 5.32 Å². The molecular weight excluding hydrogens is 410 g/mol. The van der Waals surface area contributed by atoms with Crippen LogP contribution in [0.5, 0.6) is 0 Å². The maximum atomic E-state index is 12.5. The third-order valence-corrected chi connectivity index (χ3v) is 5.20. The van der Waals surface area contributed by atoms with Crippen molar-refractivity contribution in [2.75, 3.05) is 5.32 Å². The molecule has 1 amide bonds. The second kappa shape index (κ2) is 7.42. The molecule has 1 aromatic heterocycles. The zero-order chi connectivity index (χ0) is 17.1. The fraction of sp³-hybridized carbons (Fsp3) is 0.0588. The van der Waals surface area contributed by atoms with E-state index in [2.05, 4.69) is 26.3 Å². The number of carbonyl (C=O) groups excluding carboxylic acids is 1. The predicted octanol–water partition coefficient (Wildman–Crippen LogP) is 5.24. The number of hydrogen-bond acceptors (Lipinski definition) is 3. The molecule has 7 heteroatoms. The van der Waals surface area contributed by atoms with Gasteiger partial charge >= 0.3 is 0 Å². The highest BCUT2D eigenvalue weighted by atomic mass is 79.9. The van der Waals surface area contributed by atoms with E-state index in [9.17, 15) is 4.79 Å². The molecule has 0 saturated heterocycles. The molecule has 0 aliphatic rings. The maximum Gasteiger partial charge on any atom is 0.275 e. The molecule has 0 fully saturated rings. The van der Waals surface area contributed by atoms with Crippen LogP contribution in [0.3, 0.4) is 0 Å². The third-order valence-electron chi connectivity index (χ3n) is 3.29. The first kappa shape index (κ1) is 17.1. The number of nitrogens with one attached hydrogen (secondary N) is 1. The van der Waals surface area contributed by atoms with Crippen molar-refractivity contribution < 1.29 is 4.79 Å². The van der Waals surface area contributed by atoms with Gasteiger partial charge in [0.15, 0.2) is 0 Å². The van der Waals surface area contributed by atoms with Crippen LogP contribution in [-0.4, -0.2) is 15.7 Å². The number of amides is 1. The summed E-state index contributed by atoms with van der Waals surface area (Å²) in [4.78, 5) is 14.5. The summed E-state index contributed by atoms with van der Waals surface area (Å²) in [5, 5.41) is 7.71. The second-order valence-corrected chi connectivity index (χ2v) is 7.38. The molecule has 0 aliphatic carbocycles. The Hall–Kier alpha value is -1.76. The van der Waals surface area contributed by atoms with Gasteiger partial charge in [-0.2, -0.15) is 5.10 Å². The number of rotatable bonds is 4. The van der Waals surface area contributed by atoms with Crippen LogP contribution in [0.2, 0.25) is 5.02 Å². The zero-order valence-corrected chi connectivity index (χ0v) is 15.8. The van der Waals surface area contributed by atoms with Gasteiger partial charge in [-0.25, -0.2) is 0 Å². The number of halogens is 2. The lowest BCUT2D eigenvalue weighted by molar-refractivity contribution is 0.101. The first-order chi connectivity index (χ1) is 11.5. The van der Waals surface area contributed by atoms with E-state index in [-0.39, 0.29) is 5.91 Å². The molecule has 4 nitrogen and oxygen atoms in total. The summed E-state index contributed by atoms with van der Waals surface area (Å²) in [5.74, 6) is -0.217. The van der Waals surface area contributed by atoms with Crippen LogP contribution >= 0.6 is 39.3 Å². The average molecular weight is 423 g/mol. The number of hydrogen-bond donors (Lipinski definition) is 1. The standard InChI is InChI=1S/C17H13BrClN3OS/c1-22-16(13(18)10-20-22)17(23)21-14-4-2-3-5-15(14)24-12-8-6-11(19)7-9-12/h2-10H,1H3,(H,21,23). The van der Waals surface area contributed by atoms with Crippen molar-refractivity contribution in [3.05, 3.63) is 69.9 Å². The Kier molecular flexibility index (Phi) is 5.28. The fourth-order valence-corrected chi connectivity index (χ4v) is 3.69. The van der Waals surface area contributed by atoms with Crippen molar-refractivity contribution in [2.24, 2.45) is 7.05 Å². The molecule has 0 radical (unpaired) electrons. The van der Waals surface area contributed by atoms with Crippen molar-refractivity contribution in [2.45, 2.75) is 9.79 Å². The van der Waals surface area contributed by atoms with Crippen molar-refractivity contribution in [1.82, 2.24) is 9.78 Å². The fourth-order valence-electron chi connectivity index (χ4n) is 2.14. The highest BCUT2D eigenvalue weighted by Gasteiger charge is 2.16. The molecule has 122 valence electrons. The lowest BCUT2D eigenvalue weighted by Gasteiger charge is -2.11. The molecule has 1 N–H and O–H groups in total. The first-order valence-electron chi connectivity index (χ1n) is 7.06. The Balaban J connectivity index is 1.84. The van der Waals surface area contributed by atoms with E-state index in [4.69, 9.17) is 11.6 Å². The van der Waals surface area contributed by atoms with Crippen LogP contribution in [0.15, 0.2) is 69.0 Å². The molecule has 0 bridgehead atoms. The van der Waals surface area contributed by atoms with Crippen LogP contribution in [0.1, 0.15) is 10.5 Å². The van der Waals surface area contributed by atoms with Crippen molar-refractivity contribution in [3.8, 4) is 0 Å². The quantitative estimate of drug-likeness (QED) is 0.625. The molecule has 3 rings (SSSR count). The first-order valence-corrected chi connectivity index (χ1v) is 9.04. The molecule has 24 heavy (non-hydrogen) atoms. The van der Waals surface area contributed by atoms with Gasteiger partial charge in [-0.1, -0.05) is 35.5 Å². The molecule has 2 aromatic carbocycles. The largest absolute Gasteiger partial charge is 0.320 e. The van der Waals surface area contributed by atoms with Gasteiger partial charge in [-0.05, 0) is 52.3 Å². The number of para-hydroxylation sites is 1. The highest BCUT2D eigenvalue weighted by Crippen LogP contribution is 2.34. The molecule has 0 saturated carbocycles. The van der Waals surface area contributed by atoms with E-state index in [1.165, 1.54) is 4.68 Å². The van der Waals surface area contributed by atoms with Crippen LogP contribution in [0.4, 0.5) is 5.69 Å². The molecular formula is C17H13BrClN3OS. The molecule has 0 spiro atoms. The Bertz CT molecular complexity index is 860. The smallest absolute Gasteiger partial charge is 0.275 e. The zero-order valence-electron chi connectivity index (χ0n) is 12.7. The minimum atomic E-state index is -0.217.